The fraction of sp³-hybridized carbons (Fsp3) is 0.0588. The molecule has 10 heteroatoms. The molecule has 0 saturated heterocycles. The second-order valence-electron chi connectivity index (χ2n) is 5.18. The SMILES string of the molecule is N#Cc1ccc(S(=O)(=O)NC(=O)/C=C/c2ccc(Cl)cc2)c(C(F)(F)F)c1. The zero-order valence-corrected chi connectivity index (χ0v) is 14.9. The Morgan fingerprint density at radius 2 is 1.78 bits per heavy atom. The van der Waals surface area contributed by atoms with E-state index in [0.29, 0.717) is 22.7 Å². The molecule has 27 heavy (non-hydrogen) atoms. The summed E-state index contributed by atoms with van der Waals surface area (Å²) in [4.78, 5) is 10.7. The summed E-state index contributed by atoms with van der Waals surface area (Å²) in [5.41, 5.74) is -1.37. The number of hydrogen-bond acceptors (Lipinski definition) is 4. The van der Waals surface area contributed by atoms with E-state index >= 15 is 0 Å². The summed E-state index contributed by atoms with van der Waals surface area (Å²) in [5.74, 6) is -1.14. The fourth-order valence-electron chi connectivity index (χ4n) is 2.02. The zero-order chi connectivity index (χ0) is 20.2. The van der Waals surface area contributed by atoms with Crippen molar-refractivity contribution in [3.63, 3.8) is 0 Å². The summed E-state index contributed by atoms with van der Waals surface area (Å²) in [6.07, 6.45) is -2.90. The fourth-order valence-corrected chi connectivity index (χ4v) is 3.30. The minimum atomic E-state index is -5.03. The van der Waals surface area contributed by atoms with Gasteiger partial charge in [0.25, 0.3) is 15.9 Å². The van der Waals surface area contributed by atoms with Crippen LogP contribution in [0.5, 0.6) is 0 Å². The van der Waals surface area contributed by atoms with Gasteiger partial charge < -0.3 is 0 Å². The average molecular weight is 415 g/mol. The Bertz CT molecular complexity index is 1040. The highest BCUT2D eigenvalue weighted by atomic mass is 35.5. The highest BCUT2D eigenvalue weighted by Crippen LogP contribution is 2.34. The molecule has 0 radical (unpaired) electrons. The first kappa shape index (κ1) is 20.5. The summed E-state index contributed by atoms with van der Waals surface area (Å²) in [6, 6.07) is 9.65. The van der Waals surface area contributed by atoms with Crippen LogP contribution >= 0.6 is 11.6 Å². The van der Waals surface area contributed by atoms with Crippen molar-refractivity contribution in [2.45, 2.75) is 11.1 Å². The first-order chi connectivity index (χ1) is 12.5. The number of hydrogen-bond donors (Lipinski definition) is 1. The second-order valence-corrected chi connectivity index (χ2v) is 7.26. The van der Waals surface area contributed by atoms with Crippen LogP contribution in [-0.2, 0) is 21.0 Å². The van der Waals surface area contributed by atoms with Crippen molar-refractivity contribution in [2.75, 3.05) is 0 Å². The molecule has 1 N–H and O–H groups in total. The zero-order valence-electron chi connectivity index (χ0n) is 13.3. The van der Waals surface area contributed by atoms with Gasteiger partial charge in [-0.3, -0.25) is 4.79 Å². The highest BCUT2D eigenvalue weighted by Gasteiger charge is 2.37. The normalized spacial score (nSPS) is 12.0. The third kappa shape index (κ3) is 5.32. The van der Waals surface area contributed by atoms with Gasteiger partial charge >= 0.3 is 6.18 Å². The lowest BCUT2D eigenvalue weighted by Gasteiger charge is -2.13. The molecule has 0 saturated carbocycles. The lowest BCUT2D eigenvalue weighted by molar-refractivity contribution is -0.140. The maximum atomic E-state index is 13.1. The van der Waals surface area contributed by atoms with E-state index in [1.807, 2.05) is 0 Å². The van der Waals surface area contributed by atoms with E-state index in [-0.39, 0.29) is 5.56 Å². The lowest BCUT2D eigenvalue weighted by atomic mass is 10.1. The van der Waals surface area contributed by atoms with Crippen molar-refractivity contribution in [2.24, 2.45) is 0 Å². The maximum Gasteiger partial charge on any atom is 0.417 e. The minimum Gasteiger partial charge on any atom is -0.269 e. The molecular formula is C17H10ClF3N2O3S. The number of alkyl halides is 3. The van der Waals surface area contributed by atoms with E-state index in [9.17, 15) is 26.4 Å². The summed E-state index contributed by atoms with van der Waals surface area (Å²) in [6.45, 7) is 0. The van der Waals surface area contributed by atoms with E-state index in [4.69, 9.17) is 16.9 Å². The van der Waals surface area contributed by atoms with Crippen molar-refractivity contribution < 1.29 is 26.4 Å². The van der Waals surface area contributed by atoms with Crippen LogP contribution in [0.15, 0.2) is 53.4 Å². The molecule has 5 nitrogen and oxygen atoms in total. The molecule has 0 aliphatic heterocycles. The Labute approximate surface area is 157 Å². The topological polar surface area (TPSA) is 87.0 Å². The van der Waals surface area contributed by atoms with Gasteiger partial charge in [0.05, 0.1) is 22.1 Å². The highest BCUT2D eigenvalue weighted by molar-refractivity contribution is 7.90. The largest absolute Gasteiger partial charge is 0.417 e. The molecule has 0 aromatic heterocycles. The number of nitrogens with one attached hydrogen (secondary N) is 1. The predicted octanol–water partition coefficient (Wildman–Crippen LogP) is 3.75. The molecule has 0 aliphatic carbocycles. The summed E-state index contributed by atoms with van der Waals surface area (Å²) >= 11 is 5.71. The van der Waals surface area contributed by atoms with E-state index in [2.05, 4.69) is 0 Å². The third-order valence-electron chi connectivity index (χ3n) is 3.24. The van der Waals surface area contributed by atoms with Crippen molar-refractivity contribution in [1.82, 2.24) is 4.72 Å². The van der Waals surface area contributed by atoms with Gasteiger partial charge in [0.15, 0.2) is 0 Å². The Hall–Kier alpha value is -2.83. The number of nitriles is 1. The Morgan fingerprint density at radius 1 is 1.15 bits per heavy atom. The van der Waals surface area contributed by atoms with Crippen LogP contribution in [0.2, 0.25) is 5.02 Å². The van der Waals surface area contributed by atoms with Crippen LogP contribution in [0, 0.1) is 11.3 Å². The average Bonchev–Trinajstić information content (AvgIpc) is 2.59. The monoisotopic (exact) mass is 414 g/mol. The van der Waals surface area contributed by atoms with Gasteiger partial charge in [0, 0.05) is 11.1 Å². The number of carbonyl (C=O) groups is 1. The molecule has 0 spiro atoms. The van der Waals surface area contributed by atoms with Gasteiger partial charge in [0.2, 0.25) is 0 Å². The van der Waals surface area contributed by atoms with Crippen LogP contribution in [0.4, 0.5) is 13.2 Å². The second kappa shape index (κ2) is 7.82. The van der Waals surface area contributed by atoms with E-state index < -0.39 is 32.6 Å². The molecule has 0 unspecified atom stereocenters. The number of benzene rings is 2. The van der Waals surface area contributed by atoms with Crippen LogP contribution in [0.1, 0.15) is 16.7 Å². The maximum absolute atomic E-state index is 13.1. The van der Waals surface area contributed by atoms with E-state index in [1.54, 1.807) is 29.0 Å². The molecule has 2 rings (SSSR count). The quantitative estimate of drug-likeness (QED) is 0.772. The minimum absolute atomic E-state index is 0.366. The molecule has 140 valence electrons. The molecule has 0 bridgehead atoms. The van der Waals surface area contributed by atoms with Crippen molar-refractivity contribution in [3.8, 4) is 6.07 Å². The number of rotatable bonds is 4. The molecule has 2 aromatic carbocycles. The van der Waals surface area contributed by atoms with Crippen molar-refractivity contribution in [3.05, 3.63) is 70.3 Å². The van der Waals surface area contributed by atoms with Crippen LogP contribution in [0.25, 0.3) is 6.08 Å². The standard InChI is InChI=1S/C17H10ClF3N2O3S/c18-13-5-1-11(2-6-13)4-8-16(24)23-27(25,26)15-7-3-12(10-22)9-14(15)17(19,20)21/h1-9H,(H,23,24)/b8-4+. The van der Waals surface area contributed by atoms with Crippen molar-refractivity contribution >= 4 is 33.6 Å². The number of amides is 1. The van der Waals surface area contributed by atoms with Crippen LogP contribution in [-0.4, -0.2) is 14.3 Å². The smallest absolute Gasteiger partial charge is 0.269 e. The van der Waals surface area contributed by atoms with E-state index in [0.717, 1.165) is 12.1 Å². The van der Waals surface area contributed by atoms with Gasteiger partial charge in [-0.15, -0.1) is 0 Å². The molecule has 0 aliphatic rings. The van der Waals surface area contributed by atoms with Crippen molar-refractivity contribution in [1.29, 1.82) is 5.26 Å². The number of nitrogens with zero attached hydrogens (tertiary/aromatic N) is 1. The summed E-state index contributed by atoms with van der Waals surface area (Å²) in [7, 11) is -4.81. The number of sulfonamides is 1. The Morgan fingerprint density at radius 3 is 2.33 bits per heavy atom. The first-order valence-corrected chi connectivity index (χ1v) is 9.01. The van der Waals surface area contributed by atoms with Crippen LogP contribution < -0.4 is 4.72 Å². The molecule has 0 fully saturated rings. The van der Waals surface area contributed by atoms with Gasteiger partial charge in [0.1, 0.15) is 0 Å². The van der Waals surface area contributed by atoms with E-state index in [1.165, 1.54) is 12.1 Å². The Balaban J connectivity index is 2.30. The number of halogens is 4. The first-order valence-electron chi connectivity index (χ1n) is 7.15. The van der Waals surface area contributed by atoms with Gasteiger partial charge in [-0.2, -0.15) is 18.4 Å². The third-order valence-corrected chi connectivity index (χ3v) is 4.89. The summed E-state index contributed by atoms with van der Waals surface area (Å²) in [5, 5.41) is 9.17. The lowest BCUT2D eigenvalue weighted by Crippen LogP contribution is -2.30. The predicted molar refractivity (Wildman–Crippen MR) is 92.0 cm³/mol. The summed E-state index contributed by atoms with van der Waals surface area (Å²) < 4.78 is 65.3. The molecule has 0 heterocycles. The molecular weight excluding hydrogens is 405 g/mol. The molecule has 1 amide bonds. The van der Waals surface area contributed by atoms with Crippen LogP contribution in [0.3, 0.4) is 0 Å². The Kier molecular flexibility index (Phi) is 5.93. The van der Waals surface area contributed by atoms with Gasteiger partial charge in [-0.05, 0) is 42.0 Å². The van der Waals surface area contributed by atoms with Gasteiger partial charge in [-0.1, -0.05) is 23.7 Å². The molecule has 0 atom stereocenters. The number of carbonyl (C=O) groups excluding carboxylic acids is 1. The van der Waals surface area contributed by atoms with Gasteiger partial charge in [-0.25, -0.2) is 13.1 Å². The molecule has 2 aromatic rings.